The summed E-state index contributed by atoms with van der Waals surface area (Å²) in [5.41, 5.74) is 2.43. The second-order valence-electron chi connectivity index (χ2n) is 5.27. The number of ketones is 2. The van der Waals surface area contributed by atoms with E-state index in [2.05, 4.69) is 0 Å². The van der Waals surface area contributed by atoms with Crippen LogP contribution in [0.3, 0.4) is 0 Å². The SMILES string of the molecule is COc1ccc(C(=O)C[C@@H]2CC(=O)c3ccccc32)cc1. The van der Waals surface area contributed by atoms with Crippen LogP contribution in [0, 0.1) is 0 Å². The van der Waals surface area contributed by atoms with E-state index in [1.54, 1.807) is 31.4 Å². The van der Waals surface area contributed by atoms with Gasteiger partial charge in [-0.05, 0) is 35.7 Å². The van der Waals surface area contributed by atoms with Gasteiger partial charge in [-0.25, -0.2) is 0 Å². The van der Waals surface area contributed by atoms with E-state index in [-0.39, 0.29) is 17.5 Å². The highest BCUT2D eigenvalue weighted by atomic mass is 16.5. The molecule has 0 N–H and O–H groups in total. The Labute approximate surface area is 123 Å². The first-order chi connectivity index (χ1) is 10.2. The minimum Gasteiger partial charge on any atom is -0.497 e. The second-order valence-corrected chi connectivity index (χ2v) is 5.27. The first-order valence-corrected chi connectivity index (χ1v) is 6.98. The van der Waals surface area contributed by atoms with E-state index >= 15 is 0 Å². The molecule has 3 heteroatoms. The molecule has 2 aromatic carbocycles. The normalized spacial score (nSPS) is 16.6. The van der Waals surface area contributed by atoms with Gasteiger partial charge < -0.3 is 4.74 Å². The number of benzene rings is 2. The van der Waals surface area contributed by atoms with Gasteiger partial charge in [0.2, 0.25) is 0 Å². The molecule has 1 aliphatic rings. The van der Waals surface area contributed by atoms with Gasteiger partial charge in [-0.3, -0.25) is 9.59 Å². The largest absolute Gasteiger partial charge is 0.497 e. The molecule has 0 saturated carbocycles. The molecule has 0 amide bonds. The molecule has 0 aromatic heterocycles. The van der Waals surface area contributed by atoms with Crippen LogP contribution in [0.5, 0.6) is 5.75 Å². The van der Waals surface area contributed by atoms with E-state index in [4.69, 9.17) is 4.74 Å². The van der Waals surface area contributed by atoms with Crippen molar-refractivity contribution in [1.82, 2.24) is 0 Å². The standard InChI is InChI=1S/C18H16O3/c1-21-14-8-6-12(7-9-14)17(19)10-13-11-18(20)16-5-3-2-4-15(13)16/h2-9,13H,10-11H2,1H3/t13-/m1/s1. The summed E-state index contributed by atoms with van der Waals surface area (Å²) in [7, 11) is 1.60. The van der Waals surface area contributed by atoms with Crippen LogP contribution in [0.1, 0.15) is 45.0 Å². The number of methoxy groups -OCH3 is 1. The lowest BCUT2D eigenvalue weighted by atomic mass is 9.93. The van der Waals surface area contributed by atoms with Crippen molar-refractivity contribution in [3.8, 4) is 5.75 Å². The van der Waals surface area contributed by atoms with Crippen LogP contribution in [0.25, 0.3) is 0 Å². The molecule has 0 radical (unpaired) electrons. The predicted octanol–water partition coefficient (Wildman–Crippen LogP) is 3.64. The molecule has 0 bridgehead atoms. The lowest BCUT2D eigenvalue weighted by Crippen LogP contribution is -2.05. The molecule has 106 valence electrons. The maximum atomic E-state index is 12.4. The smallest absolute Gasteiger partial charge is 0.163 e. The quantitative estimate of drug-likeness (QED) is 0.803. The summed E-state index contributed by atoms with van der Waals surface area (Å²) >= 11 is 0. The number of fused-ring (bicyclic) bond motifs is 1. The third kappa shape index (κ3) is 2.59. The molecule has 2 aromatic rings. The highest BCUT2D eigenvalue weighted by Gasteiger charge is 2.30. The van der Waals surface area contributed by atoms with Gasteiger partial charge in [-0.15, -0.1) is 0 Å². The van der Waals surface area contributed by atoms with E-state index in [0.717, 1.165) is 16.9 Å². The Bertz CT molecular complexity index is 686. The van der Waals surface area contributed by atoms with Crippen LogP contribution in [-0.2, 0) is 0 Å². The Kier molecular flexibility index (Phi) is 3.57. The summed E-state index contributed by atoms with van der Waals surface area (Å²) in [5, 5.41) is 0. The van der Waals surface area contributed by atoms with Crippen LogP contribution in [0.4, 0.5) is 0 Å². The van der Waals surface area contributed by atoms with Crippen LogP contribution >= 0.6 is 0 Å². The van der Waals surface area contributed by atoms with Gasteiger partial charge in [0.1, 0.15) is 5.75 Å². The van der Waals surface area contributed by atoms with Crippen molar-refractivity contribution in [2.75, 3.05) is 7.11 Å². The maximum Gasteiger partial charge on any atom is 0.163 e. The molecule has 0 fully saturated rings. The number of hydrogen-bond acceptors (Lipinski definition) is 3. The Morgan fingerprint density at radius 2 is 1.86 bits per heavy atom. The Hall–Kier alpha value is -2.42. The number of carbonyl (C=O) groups excluding carboxylic acids is 2. The van der Waals surface area contributed by atoms with Gasteiger partial charge >= 0.3 is 0 Å². The molecule has 0 heterocycles. The molecule has 0 spiro atoms. The van der Waals surface area contributed by atoms with E-state index in [1.165, 1.54) is 0 Å². The summed E-state index contributed by atoms with van der Waals surface area (Å²) in [6, 6.07) is 14.7. The lowest BCUT2D eigenvalue weighted by molar-refractivity contribution is 0.0959. The number of rotatable bonds is 4. The predicted molar refractivity (Wildman–Crippen MR) is 80.1 cm³/mol. The molecule has 1 aliphatic carbocycles. The van der Waals surface area contributed by atoms with Crippen molar-refractivity contribution in [3.63, 3.8) is 0 Å². The highest BCUT2D eigenvalue weighted by Crippen LogP contribution is 2.36. The van der Waals surface area contributed by atoms with Crippen molar-refractivity contribution in [2.24, 2.45) is 0 Å². The maximum absolute atomic E-state index is 12.4. The van der Waals surface area contributed by atoms with E-state index in [1.807, 2.05) is 24.3 Å². The topological polar surface area (TPSA) is 43.4 Å². The van der Waals surface area contributed by atoms with E-state index in [0.29, 0.717) is 18.4 Å². The molecular formula is C18H16O3. The number of hydrogen-bond donors (Lipinski definition) is 0. The third-order valence-corrected chi connectivity index (χ3v) is 3.98. The first-order valence-electron chi connectivity index (χ1n) is 6.98. The van der Waals surface area contributed by atoms with Crippen molar-refractivity contribution < 1.29 is 14.3 Å². The lowest BCUT2D eigenvalue weighted by Gasteiger charge is -2.10. The summed E-state index contributed by atoms with van der Waals surface area (Å²) in [5.74, 6) is 0.932. The van der Waals surface area contributed by atoms with Crippen molar-refractivity contribution in [3.05, 3.63) is 65.2 Å². The summed E-state index contributed by atoms with van der Waals surface area (Å²) in [6.45, 7) is 0. The zero-order valence-corrected chi connectivity index (χ0v) is 11.8. The number of ether oxygens (including phenoxy) is 1. The van der Waals surface area contributed by atoms with Crippen molar-refractivity contribution in [1.29, 1.82) is 0 Å². The van der Waals surface area contributed by atoms with Gasteiger partial charge in [0.05, 0.1) is 7.11 Å². The minimum atomic E-state index is 0.00306. The number of Topliss-reactive ketones (excluding diaryl/α,β-unsaturated/α-hetero) is 2. The highest BCUT2D eigenvalue weighted by molar-refractivity contribution is 6.03. The van der Waals surface area contributed by atoms with Gasteiger partial charge in [0, 0.05) is 24.0 Å². The summed E-state index contributed by atoms with van der Waals surface area (Å²) in [6.07, 6.45) is 0.802. The number of carbonyl (C=O) groups is 2. The van der Waals surface area contributed by atoms with Crippen LogP contribution in [0.2, 0.25) is 0 Å². The minimum absolute atomic E-state index is 0.00306. The molecule has 3 nitrogen and oxygen atoms in total. The monoisotopic (exact) mass is 280 g/mol. The Balaban J connectivity index is 1.78. The molecule has 1 atom stereocenters. The fourth-order valence-corrected chi connectivity index (χ4v) is 2.85. The zero-order valence-electron chi connectivity index (χ0n) is 11.8. The van der Waals surface area contributed by atoms with Gasteiger partial charge in [0.25, 0.3) is 0 Å². The van der Waals surface area contributed by atoms with Crippen LogP contribution in [0.15, 0.2) is 48.5 Å². The second kappa shape index (κ2) is 5.52. The van der Waals surface area contributed by atoms with Crippen LogP contribution < -0.4 is 4.74 Å². The van der Waals surface area contributed by atoms with Gasteiger partial charge in [-0.2, -0.15) is 0 Å². The molecule has 0 aliphatic heterocycles. The van der Waals surface area contributed by atoms with E-state index in [9.17, 15) is 9.59 Å². The van der Waals surface area contributed by atoms with Crippen molar-refractivity contribution >= 4 is 11.6 Å². The summed E-state index contributed by atoms with van der Waals surface area (Å²) < 4.78 is 5.09. The fourth-order valence-electron chi connectivity index (χ4n) is 2.85. The average Bonchev–Trinajstić information content (AvgIpc) is 2.84. The molecule has 3 rings (SSSR count). The fraction of sp³-hybridized carbons (Fsp3) is 0.222. The first kappa shape index (κ1) is 13.6. The van der Waals surface area contributed by atoms with Crippen LogP contribution in [-0.4, -0.2) is 18.7 Å². The summed E-state index contributed by atoms with van der Waals surface area (Å²) in [4.78, 5) is 24.3. The third-order valence-electron chi connectivity index (χ3n) is 3.98. The average molecular weight is 280 g/mol. The molecule has 21 heavy (non-hydrogen) atoms. The van der Waals surface area contributed by atoms with Crippen molar-refractivity contribution in [2.45, 2.75) is 18.8 Å². The Morgan fingerprint density at radius 1 is 1.14 bits per heavy atom. The molecule has 0 unspecified atom stereocenters. The zero-order chi connectivity index (χ0) is 14.8. The van der Waals surface area contributed by atoms with Gasteiger partial charge in [-0.1, -0.05) is 24.3 Å². The molecule has 0 saturated heterocycles. The Morgan fingerprint density at radius 3 is 2.57 bits per heavy atom. The molecular weight excluding hydrogens is 264 g/mol. The van der Waals surface area contributed by atoms with E-state index < -0.39 is 0 Å². The van der Waals surface area contributed by atoms with Gasteiger partial charge in [0.15, 0.2) is 11.6 Å².